The molecule has 19 rings (SSSR count). The summed E-state index contributed by atoms with van der Waals surface area (Å²) in [6, 6.07) is 25.1. The Kier molecular flexibility index (Phi) is 20.3. The van der Waals surface area contributed by atoms with Gasteiger partial charge >= 0.3 is 35.8 Å². The SMILES string of the molecule is CC[C@]1(O)C[C@@H]2CN(CCc3c([nH]c4ccccc34)[C@@](C(=O)OC)(c3cc4c(cc3OC)N(C)[C@H]3[C@@](O)(C(=O)OC)[C@H](OC(C)=O)[C@]5(CC)C=CCN6CC[C@]43[C@@H]65)C2)C1.CC[C@]12C=CCN3CC[C@@]4(c5ccc(OC)cc5N(C)[C@H]4[C@@](O)(C(=O)OC)[C@@H]1OC(C)=O)[C@@H]32.COC(=O)C1=CO[C@@H](C)[C@H]2CN3CCc4c([nH]c5ccccc45)[C@@H]3C[C@H]12. The molecule has 2 aliphatic carbocycles. The lowest BCUT2D eigenvalue weighted by Gasteiger charge is -2.63. The monoisotopic (exact) mass is 1620 g/mol. The number of hydrogen-bond donors (Lipinski definition) is 5. The third-order valence-electron chi connectivity index (χ3n) is 30.8. The molecule has 1 unspecified atom stereocenters. The zero-order valence-corrected chi connectivity index (χ0v) is 70.3. The van der Waals surface area contributed by atoms with Crippen LogP contribution in [0.3, 0.4) is 0 Å². The molecule has 2 bridgehead atoms. The zero-order valence-electron chi connectivity index (χ0n) is 70.3. The normalized spacial score (nSPS) is 36.0. The number of aromatic nitrogens is 2. The highest BCUT2D eigenvalue weighted by Gasteiger charge is 2.82. The van der Waals surface area contributed by atoms with E-state index in [1.807, 2.05) is 81.1 Å². The molecule has 13 aliphatic rings. The van der Waals surface area contributed by atoms with Crippen LogP contribution in [-0.4, -0.2) is 256 Å². The van der Waals surface area contributed by atoms with E-state index in [0.717, 1.165) is 90.1 Å². The Hall–Kier alpha value is -9.28. The van der Waals surface area contributed by atoms with Crippen LogP contribution in [0.4, 0.5) is 11.4 Å². The number of H-pyrrole nitrogens is 2. The predicted octanol–water partition coefficient (Wildman–Crippen LogP) is 8.81. The van der Waals surface area contributed by atoms with Crippen LogP contribution in [0.2, 0.25) is 0 Å². The van der Waals surface area contributed by atoms with Crippen LogP contribution in [0.5, 0.6) is 11.5 Å². The van der Waals surface area contributed by atoms with Crippen LogP contribution in [-0.2, 0) is 91.0 Å². The molecule has 6 fully saturated rings. The highest BCUT2D eigenvalue weighted by atomic mass is 16.6. The lowest BCUT2D eigenvalue weighted by Crippen LogP contribution is -2.81. The van der Waals surface area contributed by atoms with Gasteiger partial charge in [-0.3, -0.25) is 34.0 Å². The molecule has 2 saturated carbocycles. The van der Waals surface area contributed by atoms with Crippen molar-refractivity contribution in [3.63, 3.8) is 0 Å². The number of para-hydroxylation sites is 2. The molecule has 11 aliphatic heterocycles. The first kappa shape index (κ1) is 81.1. The number of hydrogen-bond acceptors (Lipinski definition) is 24. The molecular formula is C92H114N8O18. The maximum Gasteiger partial charge on any atom is 0.344 e. The van der Waals surface area contributed by atoms with Gasteiger partial charge < -0.3 is 77.7 Å². The van der Waals surface area contributed by atoms with Crippen molar-refractivity contribution in [3.8, 4) is 11.5 Å². The lowest BCUT2D eigenvalue weighted by molar-refractivity contribution is -0.229. The Bertz CT molecular complexity index is 5130. The number of aromatic amines is 2. The minimum Gasteiger partial charge on any atom is -0.497 e. The number of rotatable bonds is 12. The number of aliphatic hydroxyl groups is 3. The Morgan fingerprint density at radius 2 is 1.15 bits per heavy atom. The number of carbonyl (C=O) groups is 6. The minimum atomic E-state index is -2.30. The molecule has 0 amide bonds. The number of piperidine rings is 2. The van der Waals surface area contributed by atoms with E-state index in [9.17, 15) is 39.3 Å². The second kappa shape index (κ2) is 29.6. The van der Waals surface area contributed by atoms with Crippen molar-refractivity contribution < 1.29 is 86.7 Å². The number of ether oxygens (including phenoxy) is 9. The molecule has 0 radical (unpaired) electrons. The average Bonchev–Trinajstić information content (AvgIpc) is 1.49. The average molecular weight is 1620 g/mol. The Morgan fingerprint density at radius 3 is 1.71 bits per heavy atom. The summed E-state index contributed by atoms with van der Waals surface area (Å²) in [5, 5.41) is 40.1. The fraction of sp³-hybridized carbons (Fsp3) is 0.565. The number of fused-ring (bicyclic) bond motifs is 13. The Morgan fingerprint density at radius 1 is 0.585 bits per heavy atom. The molecule has 5 N–H and O–H groups in total. The molecule has 2 spiro atoms. The number of methoxy groups -OCH3 is 6. The molecule has 2 aromatic heterocycles. The quantitative estimate of drug-likeness (QED) is 0.0434. The van der Waals surface area contributed by atoms with Gasteiger partial charge in [-0.1, -0.05) is 87.5 Å². The van der Waals surface area contributed by atoms with Crippen molar-refractivity contribution in [1.82, 2.24) is 29.6 Å². The number of nitrogens with zero attached hydrogens (tertiary/aromatic N) is 6. The fourth-order valence-corrected chi connectivity index (χ4v) is 26.4. The smallest absolute Gasteiger partial charge is 0.344 e. The molecular weight excluding hydrogens is 1510 g/mol. The van der Waals surface area contributed by atoms with Gasteiger partial charge in [-0.25, -0.2) is 14.4 Å². The van der Waals surface area contributed by atoms with Crippen molar-refractivity contribution >= 4 is 69.0 Å². The zero-order chi connectivity index (χ0) is 83.5. The van der Waals surface area contributed by atoms with Gasteiger partial charge in [0.2, 0.25) is 11.2 Å². The third kappa shape index (κ3) is 11.3. The topological polar surface area (TPSA) is 297 Å². The van der Waals surface area contributed by atoms with Crippen molar-refractivity contribution in [2.24, 2.45) is 28.6 Å². The van der Waals surface area contributed by atoms with E-state index in [2.05, 4.69) is 103 Å². The molecule has 4 saturated heterocycles. The molecule has 6 aromatic rings. The summed E-state index contributed by atoms with van der Waals surface area (Å²) >= 11 is 0. The van der Waals surface area contributed by atoms with Crippen LogP contribution in [0.25, 0.3) is 21.8 Å². The van der Waals surface area contributed by atoms with E-state index in [1.54, 1.807) is 20.5 Å². The van der Waals surface area contributed by atoms with E-state index < -0.39 is 98.0 Å². The number of anilines is 2. The predicted molar refractivity (Wildman–Crippen MR) is 440 cm³/mol. The highest BCUT2D eigenvalue weighted by Crippen LogP contribution is 2.71. The summed E-state index contributed by atoms with van der Waals surface area (Å²) in [6.45, 7) is 17.7. The summed E-state index contributed by atoms with van der Waals surface area (Å²) < 4.78 is 51.3. The van der Waals surface area contributed by atoms with Crippen molar-refractivity contribution in [1.29, 1.82) is 0 Å². The molecule has 26 heteroatoms. The van der Waals surface area contributed by atoms with E-state index in [4.69, 9.17) is 42.6 Å². The third-order valence-corrected chi connectivity index (χ3v) is 30.8. The fourth-order valence-electron chi connectivity index (χ4n) is 26.4. The first-order chi connectivity index (χ1) is 56.6. The van der Waals surface area contributed by atoms with Crippen LogP contribution < -0.4 is 19.3 Å². The van der Waals surface area contributed by atoms with E-state index in [1.165, 1.54) is 64.4 Å². The van der Waals surface area contributed by atoms with Crippen LogP contribution in [0.1, 0.15) is 138 Å². The highest BCUT2D eigenvalue weighted by molar-refractivity contribution is 5.96. The maximum absolute atomic E-state index is 15.3. The Balaban J connectivity index is 0.000000141. The molecule has 630 valence electrons. The standard InChI is InChI=1S/C46H58N4O9.C25H32N2O6.C21H24N2O3/c1-8-42(54)23-28-24-45(40(52)57-6,36-30(15-19-49(25-28)26-42)29-13-10-11-14-33(29)47-36)32-21-31-34(22-35(32)56-5)48(4)38-44(31)17-20-50-18-12-16-43(9-2,37(44)50)39(59-27(3)51)46(38,55)41(53)58-7;1-6-23-10-7-12-27-13-11-24(19(23)27)17-9-8-16(31-4)14-18(17)26(3)20(24)25(30,22(29)32-5)21(23)33-15(2)28;1-12-16-10-23-8-7-14-13-5-3-4-6-18(13)22-20(14)19(23)9-15(16)17(11-26-12)21(24)25-2/h10-14,16,21-22,28,37-39,47,54-55H,8-9,15,17-20,23-26H2,1-7H3;7-10,14,19-21,30H,6,11-13H2,1-5H3;3-6,11-12,15-16,19,22H,7-10H2,1-2H3/t28-,37-,38+,39+,42-,43+,44+,45-,46-;19-,20+,21+,23+,24+,25-;12-,15-,16+,19-/m000/s1. The van der Waals surface area contributed by atoms with Gasteiger partial charge in [0, 0.05) is 182 Å². The number of esters is 6. The second-order valence-corrected chi connectivity index (χ2v) is 35.7. The first-order valence-electron chi connectivity index (χ1n) is 42.2. The van der Waals surface area contributed by atoms with Crippen LogP contribution in [0, 0.1) is 28.6 Å². The minimum absolute atomic E-state index is 0.0589. The Labute approximate surface area is 689 Å². The van der Waals surface area contributed by atoms with Gasteiger partial charge in [0.15, 0.2) is 12.2 Å². The summed E-state index contributed by atoms with van der Waals surface area (Å²) in [6.07, 6.45) is 14.1. The number of benzene rings is 4. The summed E-state index contributed by atoms with van der Waals surface area (Å²) in [7, 11) is 12.4. The van der Waals surface area contributed by atoms with Crippen LogP contribution >= 0.6 is 0 Å². The molecule has 13 heterocycles. The number of nitrogens with one attached hydrogen (secondary N) is 2. The second-order valence-electron chi connectivity index (χ2n) is 35.7. The summed E-state index contributed by atoms with van der Waals surface area (Å²) in [4.78, 5) is 102. The van der Waals surface area contributed by atoms with Crippen LogP contribution in [0.15, 0.2) is 115 Å². The van der Waals surface area contributed by atoms with Crippen molar-refractivity contribution in [2.75, 3.05) is 125 Å². The summed E-state index contributed by atoms with van der Waals surface area (Å²) in [5.41, 5.74) is 1.66. The van der Waals surface area contributed by atoms with Gasteiger partial charge in [0.25, 0.3) is 0 Å². The van der Waals surface area contributed by atoms with Gasteiger partial charge in [-0.2, -0.15) is 0 Å². The lowest BCUT2D eigenvalue weighted by atomic mass is 9.47. The van der Waals surface area contributed by atoms with Gasteiger partial charge in [0.1, 0.15) is 16.9 Å². The molecule has 26 nitrogen and oxygen atoms in total. The van der Waals surface area contributed by atoms with E-state index in [-0.39, 0.29) is 36.0 Å². The first-order valence-corrected chi connectivity index (χ1v) is 42.2. The van der Waals surface area contributed by atoms with Gasteiger partial charge in [0.05, 0.1) is 84.3 Å². The molecule has 4 aromatic carbocycles. The molecule has 20 atom stereocenters. The number of likely N-dealkylation sites (N-methyl/N-ethyl adjacent to an activating group) is 2. The number of carbonyl (C=O) groups excluding carboxylic acids is 6. The van der Waals surface area contributed by atoms with E-state index in [0.29, 0.717) is 112 Å². The van der Waals surface area contributed by atoms with Gasteiger partial charge in [-0.15, -0.1) is 0 Å². The van der Waals surface area contributed by atoms with Crippen molar-refractivity contribution in [3.05, 3.63) is 154 Å². The van der Waals surface area contributed by atoms with Crippen molar-refractivity contribution in [2.45, 2.75) is 187 Å². The molecule has 118 heavy (non-hydrogen) atoms. The summed E-state index contributed by atoms with van der Waals surface area (Å²) in [5.74, 6) is -1.92. The van der Waals surface area contributed by atoms with Gasteiger partial charge in [-0.05, 0) is 137 Å². The van der Waals surface area contributed by atoms with E-state index >= 15 is 4.79 Å². The largest absolute Gasteiger partial charge is 0.497 e. The maximum atomic E-state index is 15.3.